The minimum Gasteiger partial charge on any atom is -0.376 e. The third-order valence-corrected chi connectivity index (χ3v) is 4.66. The van der Waals surface area contributed by atoms with Crippen molar-refractivity contribution in [2.45, 2.75) is 57.6 Å². The molecule has 2 nitrogen and oxygen atoms in total. The molecule has 1 N–H and O–H groups in total. The van der Waals surface area contributed by atoms with Gasteiger partial charge in [0.05, 0.1) is 11.6 Å². The fourth-order valence-corrected chi connectivity index (χ4v) is 3.43. The van der Waals surface area contributed by atoms with Crippen LogP contribution in [0.25, 0.3) is 0 Å². The third kappa shape index (κ3) is 3.11. The topological polar surface area (TPSA) is 21.3 Å². The molecule has 1 unspecified atom stereocenters. The molecule has 118 valence electrons. The summed E-state index contributed by atoms with van der Waals surface area (Å²) in [5.41, 5.74) is 0.266. The van der Waals surface area contributed by atoms with Gasteiger partial charge in [-0.2, -0.15) is 0 Å². The van der Waals surface area contributed by atoms with E-state index in [1.807, 2.05) is 6.92 Å². The molecule has 2 rings (SSSR count). The van der Waals surface area contributed by atoms with Crippen LogP contribution in [0.1, 0.15) is 56.2 Å². The summed E-state index contributed by atoms with van der Waals surface area (Å²) in [6.07, 6.45) is 5.04. The van der Waals surface area contributed by atoms with Crippen LogP contribution in [0.3, 0.4) is 0 Å². The highest BCUT2D eigenvalue weighted by atomic mass is 19.2. The van der Waals surface area contributed by atoms with E-state index >= 15 is 0 Å². The second kappa shape index (κ2) is 6.84. The molecule has 1 aliphatic rings. The Morgan fingerprint density at radius 3 is 2.43 bits per heavy atom. The first-order valence-electron chi connectivity index (χ1n) is 7.78. The second-order valence-electron chi connectivity index (χ2n) is 5.92. The first kappa shape index (κ1) is 16.4. The Labute approximate surface area is 125 Å². The zero-order chi connectivity index (χ0) is 15.5. The van der Waals surface area contributed by atoms with E-state index in [9.17, 15) is 8.78 Å². The zero-order valence-corrected chi connectivity index (χ0v) is 13.1. The predicted molar refractivity (Wildman–Crippen MR) is 80.3 cm³/mol. The van der Waals surface area contributed by atoms with E-state index in [-0.39, 0.29) is 6.04 Å². The van der Waals surface area contributed by atoms with Gasteiger partial charge >= 0.3 is 0 Å². The van der Waals surface area contributed by atoms with Gasteiger partial charge in [-0.25, -0.2) is 8.78 Å². The summed E-state index contributed by atoms with van der Waals surface area (Å²) >= 11 is 0. The van der Waals surface area contributed by atoms with Gasteiger partial charge in [-0.05, 0) is 31.9 Å². The first-order chi connectivity index (χ1) is 10.1. The summed E-state index contributed by atoms with van der Waals surface area (Å²) in [6, 6.07) is 3.02. The monoisotopic (exact) mass is 297 g/mol. The van der Waals surface area contributed by atoms with Gasteiger partial charge in [-0.1, -0.05) is 38.3 Å². The number of halogens is 2. The van der Waals surface area contributed by atoms with Crippen molar-refractivity contribution in [2.75, 3.05) is 13.7 Å². The van der Waals surface area contributed by atoms with Gasteiger partial charge < -0.3 is 10.1 Å². The second-order valence-corrected chi connectivity index (χ2v) is 5.92. The number of likely N-dealkylation sites (N-methyl/N-ethyl adjacent to an activating group) is 1. The maximum absolute atomic E-state index is 14.4. The molecule has 0 bridgehead atoms. The van der Waals surface area contributed by atoms with Crippen LogP contribution in [0, 0.1) is 18.6 Å². The number of nitrogens with one attached hydrogen (secondary N) is 1. The molecule has 0 radical (unpaired) electrons. The Balaban J connectivity index is 2.45. The number of methoxy groups -OCH3 is 1. The maximum atomic E-state index is 14.4. The largest absolute Gasteiger partial charge is 0.376 e. The van der Waals surface area contributed by atoms with Crippen molar-refractivity contribution in [3.05, 3.63) is 34.9 Å². The molecule has 0 saturated heterocycles. The molecule has 0 aliphatic heterocycles. The number of ether oxygens (including phenoxy) is 1. The summed E-state index contributed by atoms with van der Waals surface area (Å²) in [7, 11) is 1.68. The van der Waals surface area contributed by atoms with Gasteiger partial charge in [0.15, 0.2) is 11.6 Å². The number of benzene rings is 1. The average molecular weight is 297 g/mol. The highest BCUT2D eigenvalue weighted by Crippen LogP contribution is 2.42. The Bertz CT molecular complexity index is 484. The molecule has 1 atom stereocenters. The molecule has 0 amide bonds. The summed E-state index contributed by atoms with van der Waals surface area (Å²) < 4.78 is 34.2. The third-order valence-electron chi connectivity index (χ3n) is 4.66. The average Bonchev–Trinajstić information content (AvgIpc) is 2.52. The molecular weight excluding hydrogens is 272 g/mol. The highest BCUT2D eigenvalue weighted by Gasteiger charge is 2.42. The minimum atomic E-state index is -0.752. The van der Waals surface area contributed by atoms with Gasteiger partial charge in [0.25, 0.3) is 0 Å². The lowest BCUT2D eigenvalue weighted by atomic mass is 9.76. The highest BCUT2D eigenvalue weighted by molar-refractivity contribution is 5.30. The zero-order valence-electron chi connectivity index (χ0n) is 13.1. The molecule has 0 aromatic heterocycles. The molecule has 1 aromatic rings. The number of hydrogen-bond donors (Lipinski definition) is 1. The molecule has 1 saturated carbocycles. The molecular formula is C17H25F2NO. The lowest BCUT2D eigenvalue weighted by molar-refractivity contribution is -0.0692. The Hall–Kier alpha value is -1.00. The summed E-state index contributed by atoms with van der Waals surface area (Å²) in [5.74, 6) is -1.50. The van der Waals surface area contributed by atoms with Crippen molar-refractivity contribution >= 4 is 0 Å². The van der Waals surface area contributed by atoms with Crippen molar-refractivity contribution in [3.63, 3.8) is 0 Å². The Morgan fingerprint density at radius 2 is 1.86 bits per heavy atom. The molecule has 0 spiro atoms. The Kier molecular flexibility index (Phi) is 5.33. The van der Waals surface area contributed by atoms with E-state index in [0.29, 0.717) is 17.7 Å². The Morgan fingerprint density at radius 1 is 1.19 bits per heavy atom. The fraction of sp³-hybridized carbons (Fsp3) is 0.647. The standard InChI is InChI=1S/C17H25F2NO/c1-4-20-16(17(21-3)10-6-5-7-11-17)13-9-8-12(2)14(18)15(13)19/h8-9,16,20H,4-7,10-11H2,1-3H3. The van der Waals surface area contributed by atoms with E-state index in [2.05, 4.69) is 5.32 Å². The van der Waals surface area contributed by atoms with Gasteiger partial charge in [-0.15, -0.1) is 0 Å². The van der Waals surface area contributed by atoms with Crippen molar-refractivity contribution in [2.24, 2.45) is 0 Å². The van der Waals surface area contributed by atoms with Crippen molar-refractivity contribution in [1.29, 1.82) is 0 Å². The van der Waals surface area contributed by atoms with Gasteiger partial charge in [-0.3, -0.25) is 0 Å². The SMILES string of the molecule is CCNC(c1ccc(C)c(F)c1F)C1(OC)CCCCC1. The van der Waals surface area contributed by atoms with Crippen molar-refractivity contribution < 1.29 is 13.5 Å². The van der Waals surface area contributed by atoms with Gasteiger partial charge in [0, 0.05) is 12.7 Å². The van der Waals surface area contributed by atoms with E-state index in [4.69, 9.17) is 4.74 Å². The van der Waals surface area contributed by atoms with Crippen LogP contribution < -0.4 is 5.32 Å². The summed E-state index contributed by atoms with van der Waals surface area (Å²) in [5, 5.41) is 3.32. The van der Waals surface area contributed by atoms with Crippen LogP contribution in [0.5, 0.6) is 0 Å². The molecule has 1 aromatic carbocycles. The maximum Gasteiger partial charge on any atom is 0.163 e. The van der Waals surface area contributed by atoms with Crippen LogP contribution in [0.4, 0.5) is 8.78 Å². The molecule has 1 fully saturated rings. The van der Waals surface area contributed by atoms with Crippen LogP contribution >= 0.6 is 0 Å². The molecule has 4 heteroatoms. The fourth-order valence-electron chi connectivity index (χ4n) is 3.43. The van der Waals surface area contributed by atoms with Crippen LogP contribution in [0.2, 0.25) is 0 Å². The lowest BCUT2D eigenvalue weighted by Crippen LogP contribution is -2.47. The van der Waals surface area contributed by atoms with Crippen LogP contribution in [0.15, 0.2) is 12.1 Å². The molecule has 1 aliphatic carbocycles. The van der Waals surface area contributed by atoms with Crippen LogP contribution in [-0.4, -0.2) is 19.3 Å². The van der Waals surface area contributed by atoms with E-state index in [0.717, 1.165) is 25.7 Å². The summed E-state index contributed by atoms with van der Waals surface area (Å²) in [6.45, 7) is 4.24. The van der Waals surface area contributed by atoms with Crippen LogP contribution in [-0.2, 0) is 4.74 Å². The molecule has 0 heterocycles. The predicted octanol–water partition coefficient (Wildman–Crippen LogP) is 4.27. The number of rotatable bonds is 5. The smallest absolute Gasteiger partial charge is 0.163 e. The van der Waals surface area contributed by atoms with Gasteiger partial charge in [0.1, 0.15) is 0 Å². The van der Waals surface area contributed by atoms with Crippen molar-refractivity contribution in [1.82, 2.24) is 5.32 Å². The first-order valence-corrected chi connectivity index (χ1v) is 7.78. The van der Waals surface area contributed by atoms with Gasteiger partial charge in [0.2, 0.25) is 0 Å². The normalized spacial score (nSPS) is 19.5. The molecule has 21 heavy (non-hydrogen) atoms. The lowest BCUT2D eigenvalue weighted by Gasteiger charge is -2.43. The summed E-state index contributed by atoms with van der Waals surface area (Å²) in [4.78, 5) is 0. The van der Waals surface area contributed by atoms with Crippen molar-refractivity contribution in [3.8, 4) is 0 Å². The number of aryl methyl sites for hydroxylation is 1. The minimum absolute atomic E-state index is 0.317. The van der Waals surface area contributed by atoms with E-state index in [1.165, 1.54) is 6.42 Å². The van der Waals surface area contributed by atoms with E-state index in [1.54, 1.807) is 26.2 Å². The quantitative estimate of drug-likeness (QED) is 0.876. The number of hydrogen-bond acceptors (Lipinski definition) is 2. The van der Waals surface area contributed by atoms with E-state index < -0.39 is 17.2 Å².